The van der Waals surface area contributed by atoms with Gasteiger partial charge in [0.2, 0.25) is 0 Å². The summed E-state index contributed by atoms with van der Waals surface area (Å²) in [6.07, 6.45) is -0.136. The normalized spacial score (nSPS) is 17.9. The van der Waals surface area contributed by atoms with Gasteiger partial charge in [0, 0.05) is 30.7 Å². The number of likely N-dealkylation sites (tertiary alicyclic amines) is 1. The van der Waals surface area contributed by atoms with Crippen LogP contribution in [0.4, 0.5) is 5.69 Å². The first-order valence-electron chi connectivity index (χ1n) is 9.11. The summed E-state index contributed by atoms with van der Waals surface area (Å²) in [6.45, 7) is -0.0597. The van der Waals surface area contributed by atoms with Crippen LogP contribution in [0.25, 0.3) is 5.76 Å². The number of aliphatic hydroxyl groups excluding tert-OH is 1. The molecule has 30 heavy (non-hydrogen) atoms. The fraction of sp³-hybridized carbons (Fsp3) is 0.190. The predicted octanol–water partition coefficient (Wildman–Crippen LogP) is 2.88. The molecule has 2 aromatic carbocycles. The van der Waals surface area contributed by atoms with Crippen LogP contribution in [-0.2, 0) is 14.4 Å². The zero-order valence-electron chi connectivity index (χ0n) is 15.7. The van der Waals surface area contributed by atoms with Gasteiger partial charge in [-0.05, 0) is 12.0 Å². The van der Waals surface area contributed by atoms with Gasteiger partial charge in [-0.15, -0.1) is 0 Å². The fourth-order valence-corrected chi connectivity index (χ4v) is 3.42. The number of hydrogen-bond donors (Lipinski definition) is 2. The molecule has 9 heteroatoms. The van der Waals surface area contributed by atoms with E-state index in [9.17, 15) is 29.6 Å². The number of carboxylic acids is 1. The Bertz CT molecular complexity index is 1050. The van der Waals surface area contributed by atoms with E-state index in [4.69, 9.17) is 5.11 Å². The number of carboxylic acid groups (broad SMARTS) is 1. The van der Waals surface area contributed by atoms with Gasteiger partial charge in [0.1, 0.15) is 5.76 Å². The average Bonchev–Trinajstić information content (AvgIpc) is 2.98. The molecule has 2 aromatic rings. The molecule has 1 heterocycles. The minimum absolute atomic E-state index is 0.0597. The number of nitrogens with zero attached hydrogens (tertiary/aromatic N) is 2. The molecular formula is C21H18N2O7. The van der Waals surface area contributed by atoms with Crippen molar-refractivity contribution in [3.05, 3.63) is 81.4 Å². The van der Waals surface area contributed by atoms with Crippen molar-refractivity contribution in [3.63, 3.8) is 0 Å². The molecule has 3 rings (SSSR count). The number of carbonyl (C=O) groups is 3. The van der Waals surface area contributed by atoms with E-state index in [-0.39, 0.29) is 36.2 Å². The van der Waals surface area contributed by atoms with Crippen molar-refractivity contribution in [1.82, 2.24) is 4.90 Å². The number of rotatable bonds is 7. The number of nitro benzene ring substituents is 1. The molecule has 0 spiro atoms. The molecule has 0 bridgehead atoms. The number of non-ortho nitro benzene ring substituents is 1. The summed E-state index contributed by atoms with van der Waals surface area (Å²) in [5.41, 5.74) is 0.165. The van der Waals surface area contributed by atoms with E-state index in [1.54, 1.807) is 30.3 Å². The molecule has 1 fully saturated rings. The smallest absolute Gasteiger partial charge is 0.303 e. The van der Waals surface area contributed by atoms with E-state index in [0.717, 1.165) is 4.90 Å². The molecule has 1 unspecified atom stereocenters. The molecule has 1 atom stereocenters. The second kappa shape index (κ2) is 8.56. The lowest BCUT2D eigenvalue weighted by Gasteiger charge is -2.25. The van der Waals surface area contributed by atoms with Gasteiger partial charge >= 0.3 is 5.97 Å². The first-order chi connectivity index (χ1) is 14.3. The minimum atomic E-state index is -1.07. The molecule has 0 aromatic heterocycles. The van der Waals surface area contributed by atoms with Crippen molar-refractivity contribution in [2.24, 2.45) is 0 Å². The molecule has 1 amide bonds. The molecule has 1 saturated heterocycles. The summed E-state index contributed by atoms with van der Waals surface area (Å²) in [7, 11) is 0. The molecule has 0 radical (unpaired) electrons. The van der Waals surface area contributed by atoms with Crippen molar-refractivity contribution in [1.29, 1.82) is 0 Å². The van der Waals surface area contributed by atoms with Crippen LogP contribution >= 0.6 is 0 Å². The van der Waals surface area contributed by atoms with Gasteiger partial charge in [0.25, 0.3) is 17.4 Å². The number of aliphatic hydroxyl groups is 1. The lowest BCUT2D eigenvalue weighted by Crippen LogP contribution is -2.31. The zero-order chi connectivity index (χ0) is 21.8. The molecule has 1 aliphatic rings. The summed E-state index contributed by atoms with van der Waals surface area (Å²) in [5, 5.41) is 30.9. The van der Waals surface area contributed by atoms with E-state index in [1.807, 2.05) is 0 Å². The number of amides is 1. The predicted molar refractivity (Wildman–Crippen MR) is 105 cm³/mol. The fourth-order valence-electron chi connectivity index (χ4n) is 3.42. The summed E-state index contributed by atoms with van der Waals surface area (Å²) in [4.78, 5) is 48.0. The first kappa shape index (κ1) is 20.7. The number of nitro groups is 1. The molecular weight excluding hydrogens is 392 g/mol. The Morgan fingerprint density at radius 1 is 1.07 bits per heavy atom. The molecule has 154 valence electrons. The molecule has 9 nitrogen and oxygen atoms in total. The van der Waals surface area contributed by atoms with E-state index >= 15 is 0 Å². The molecule has 0 saturated carbocycles. The van der Waals surface area contributed by atoms with Gasteiger partial charge in [0.15, 0.2) is 0 Å². The van der Waals surface area contributed by atoms with Crippen molar-refractivity contribution in [3.8, 4) is 0 Å². The van der Waals surface area contributed by atoms with E-state index in [0.29, 0.717) is 5.56 Å². The first-order valence-corrected chi connectivity index (χ1v) is 9.11. The number of Topliss-reactive ketones (excluding diaryl/α,β-unsaturated/α-hetero) is 1. The van der Waals surface area contributed by atoms with Gasteiger partial charge < -0.3 is 15.1 Å². The second-order valence-electron chi connectivity index (χ2n) is 6.71. The van der Waals surface area contributed by atoms with Crippen molar-refractivity contribution < 1.29 is 29.5 Å². The van der Waals surface area contributed by atoms with Crippen LogP contribution in [0.1, 0.15) is 30.0 Å². The molecule has 0 aliphatic carbocycles. The second-order valence-corrected chi connectivity index (χ2v) is 6.71. The highest BCUT2D eigenvalue weighted by Gasteiger charge is 2.46. The lowest BCUT2D eigenvalue weighted by molar-refractivity contribution is -0.384. The van der Waals surface area contributed by atoms with Gasteiger partial charge in [-0.1, -0.05) is 42.5 Å². The largest absolute Gasteiger partial charge is 0.507 e. The number of benzene rings is 2. The van der Waals surface area contributed by atoms with Gasteiger partial charge in [0.05, 0.1) is 16.5 Å². The van der Waals surface area contributed by atoms with Gasteiger partial charge in [-0.3, -0.25) is 24.5 Å². The number of aliphatic carboxylic acids is 1. The Morgan fingerprint density at radius 2 is 1.77 bits per heavy atom. The van der Waals surface area contributed by atoms with E-state index in [2.05, 4.69) is 0 Å². The van der Waals surface area contributed by atoms with Crippen LogP contribution < -0.4 is 0 Å². The standard InChI is InChI=1S/C21H18N2O7/c24-16(25)10-5-11-22-18(14-8-4-9-15(12-14)23(29)30)17(20(27)21(22)28)19(26)13-6-2-1-3-7-13/h1-4,6-9,12,18,26H,5,10-11H2,(H,24,25). The summed E-state index contributed by atoms with van der Waals surface area (Å²) in [5.74, 6) is -3.27. The number of carbonyl (C=O) groups excluding carboxylic acids is 2. The Balaban J connectivity index is 2.13. The third-order valence-electron chi connectivity index (χ3n) is 4.77. The Labute approximate surface area is 171 Å². The monoisotopic (exact) mass is 410 g/mol. The SMILES string of the molecule is O=C(O)CCCN1C(=O)C(=O)C(=C(O)c2ccccc2)C1c1cccc([N+](=O)[O-])c1. The van der Waals surface area contributed by atoms with Gasteiger partial charge in [-0.2, -0.15) is 0 Å². The van der Waals surface area contributed by atoms with Crippen LogP contribution in [-0.4, -0.2) is 44.2 Å². The van der Waals surface area contributed by atoms with Crippen LogP contribution in [0.15, 0.2) is 60.2 Å². The Morgan fingerprint density at radius 3 is 2.40 bits per heavy atom. The van der Waals surface area contributed by atoms with Crippen LogP contribution in [0.5, 0.6) is 0 Å². The third kappa shape index (κ3) is 4.04. The third-order valence-corrected chi connectivity index (χ3v) is 4.77. The van der Waals surface area contributed by atoms with Crippen LogP contribution in [0.3, 0.4) is 0 Å². The zero-order valence-corrected chi connectivity index (χ0v) is 15.7. The number of ketones is 1. The Hall–Kier alpha value is -4.01. The van der Waals surface area contributed by atoms with Gasteiger partial charge in [-0.25, -0.2) is 0 Å². The topological polar surface area (TPSA) is 138 Å². The maximum Gasteiger partial charge on any atom is 0.303 e. The average molecular weight is 410 g/mol. The maximum atomic E-state index is 12.8. The highest BCUT2D eigenvalue weighted by molar-refractivity contribution is 6.46. The quantitative estimate of drug-likeness (QED) is 0.235. The summed E-state index contributed by atoms with van der Waals surface area (Å²) in [6, 6.07) is 12.5. The van der Waals surface area contributed by atoms with E-state index < -0.39 is 34.4 Å². The van der Waals surface area contributed by atoms with Crippen molar-refractivity contribution in [2.45, 2.75) is 18.9 Å². The van der Waals surface area contributed by atoms with Crippen LogP contribution in [0, 0.1) is 10.1 Å². The molecule has 2 N–H and O–H groups in total. The minimum Gasteiger partial charge on any atom is -0.507 e. The lowest BCUT2D eigenvalue weighted by atomic mass is 9.95. The maximum absolute atomic E-state index is 12.8. The highest BCUT2D eigenvalue weighted by Crippen LogP contribution is 2.40. The van der Waals surface area contributed by atoms with Crippen molar-refractivity contribution in [2.75, 3.05) is 6.54 Å². The Kier molecular flexibility index (Phi) is 5.91. The summed E-state index contributed by atoms with van der Waals surface area (Å²) < 4.78 is 0. The molecule has 1 aliphatic heterocycles. The van der Waals surface area contributed by atoms with Crippen molar-refractivity contribution >= 4 is 29.1 Å². The van der Waals surface area contributed by atoms with Crippen LogP contribution in [0.2, 0.25) is 0 Å². The van der Waals surface area contributed by atoms with E-state index in [1.165, 1.54) is 24.3 Å². The number of hydrogen-bond acceptors (Lipinski definition) is 6. The highest BCUT2D eigenvalue weighted by atomic mass is 16.6. The summed E-state index contributed by atoms with van der Waals surface area (Å²) >= 11 is 0.